The van der Waals surface area contributed by atoms with Crippen molar-refractivity contribution in [3.05, 3.63) is 70.0 Å². The van der Waals surface area contributed by atoms with Crippen LogP contribution < -0.4 is 9.80 Å². The van der Waals surface area contributed by atoms with Gasteiger partial charge in [-0.2, -0.15) is 0 Å². The van der Waals surface area contributed by atoms with Crippen LogP contribution >= 0.6 is 11.6 Å². The van der Waals surface area contributed by atoms with Gasteiger partial charge in [-0.1, -0.05) is 91.8 Å². The third kappa shape index (κ3) is 4.44. The summed E-state index contributed by atoms with van der Waals surface area (Å²) >= 11 is 6.64. The zero-order valence-electron chi connectivity index (χ0n) is 21.5. The lowest BCUT2D eigenvalue weighted by molar-refractivity contribution is 0.796. The Morgan fingerprint density at radius 2 is 1.00 bits per heavy atom. The average molecular weight is 453 g/mol. The summed E-state index contributed by atoms with van der Waals surface area (Å²) in [5.74, 6) is 2.32. The predicted molar refractivity (Wildman–Crippen MR) is 142 cm³/mol. The van der Waals surface area contributed by atoms with E-state index in [9.17, 15) is 0 Å². The minimum Gasteiger partial charge on any atom is -0.325 e. The summed E-state index contributed by atoms with van der Waals surface area (Å²) in [6.45, 7) is 21.4. The summed E-state index contributed by atoms with van der Waals surface area (Å²) in [5.41, 5.74) is 10.8. The molecule has 1 aliphatic rings. The number of allylic oxidation sites excluding steroid dienone is 2. The predicted octanol–water partition coefficient (Wildman–Crippen LogP) is 8.93. The Labute approximate surface area is 201 Å². The van der Waals surface area contributed by atoms with Crippen molar-refractivity contribution >= 4 is 23.0 Å². The Bertz CT molecular complexity index is 932. The van der Waals surface area contributed by atoms with Crippen LogP contribution in [0.5, 0.6) is 0 Å². The highest BCUT2D eigenvalue weighted by atomic mass is 35.5. The van der Waals surface area contributed by atoms with Gasteiger partial charge in [-0.25, -0.2) is 0 Å². The summed E-state index contributed by atoms with van der Waals surface area (Å²) in [5, 5.41) is 0. The molecule has 0 aliphatic carbocycles. The lowest BCUT2D eigenvalue weighted by Gasteiger charge is -2.32. The van der Waals surface area contributed by atoms with Gasteiger partial charge in [0.25, 0.3) is 0 Å². The summed E-state index contributed by atoms with van der Waals surface area (Å²) in [4.78, 5) is 5.01. The maximum Gasteiger partial charge on any atom is 0.0995 e. The fourth-order valence-corrected chi connectivity index (χ4v) is 5.28. The number of rotatable bonds is 7. The number of anilines is 2. The zero-order valence-corrected chi connectivity index (χ0v) is 22.2. The molecule has 2 aromatic carbocycles. The Morgan fingerprint density at radius 1 is 0.656 bits per heavy atom. The third-order valence-corrected chi connectivity index (χ3v) is 7.04. The van der Waals surface area contributed by atoms with Crippen molar-refractivity contribution in [2.24, 2.45) is 0 Å². The van der Waals surface area contributed by atoms with E-state index < -0.39 is 0 Å². The van der Waals surface area contributed by atoms with Gasteiger partial charge >= 0.3 is 0 Å². The molecule has 0 fully saturated rings. The maximum absolute atomic E-state index is 6.64. The van der Waals surface area contributed by atoms with Gasteiger partial charge in [-0.3, -0.25) is 0 Å². The number of benzene rings is 2. The number of nitrogens with zero attached hydrogens (tertiary/aromatic N) is 2. The Balaban J connectivity index is 2.23. The van der Waals surface area contributed by atoms with Gasteiger partial charge < -0.3 is 9.80 Å². The van der Waals surface area contributed by atoms with Gasteiger partial charge in [0.2, 0.25) is 0 Å². The zero-order chi connectivity index (χ0) is 23.7. The number of hydrogen-bond acceptors (Lipinski definition) is 2. The molecule has 32 heavy (non-hydrogen) atoms. The van der Waals surface area contributed by atoms with Crippen molar-refractivity contribution in [3.8, 4) is 0 Å². The molecule has 0 radical (unpaired) electrons. The molecule has 3 heteroatoms. The smallest absolute Gasteiger partial charge is 0.0995 e. The van der Waals surface area contributed by atoms with Crippen LogP contribution in [0.2, 0.25) is 0 Å². The molecule has 174 valence electrons. The quantitative estimate of drug-likeness (QED) is 0.386. The fraction of sp³-hybridized carbons (Fsp3) is 0.517. The number of alkyl halides is 1. The highest BCUT2D eigenvalue weighted by Crippen LogP contribution is 2.44. The van der Waals surface area contributed by atoms with Gasteiger partial charge in [0, 0.05) is 17.1 Å². The second kappa shape index (κ2) is 9.91. The van der Waals surface area contributed by atoms with E-state index in [0.717, 1.165) is 6.67 Å². The van der Waals surface area contributed by atoms with Crippen LogP contribution in [0.3, 0.4) is 0 Å². The first-order valence-electron chi connectivity index (χ1n) is 12.2. The van der Waals surface area contributed by atoms with Crippen LogP contribution in [0.4, 0.5) is 11.4 Å². The summed E-state index contributed by atoms with van der Waals surface area (Å²) < 4.78 is 0. The largest absolute Gasteiger partial charge is 0.325 e. The molecule has 0 amide bonds. The molecular formula is C29H41ClN2. The molecule has 2 aromatic rings. The van der Waals surface area contributed by atoms with E-state index >= 15 is 0 Å². The van der Waals surface area contributed by atoms with Crippen LogP contribution in [-0.2, 0) is 0 Å². The first-order chi connectivity index (χ1) is 15.1. The highest BCUT2D eigenvalue weighted by Gasteiger charge is 2.33. The van der Waals surface area contributed by atoms with E-state index in [2.05, 4.69) is 109 Å². The first kappa shape index (κ1) is 24.7. The van der Waals surface area contributed by atoms with Crippen molar-refractivity contribution in [1.29, 1.82) is 0 Å². The van der Waals surface area contributed by atoms with E-state index in [0.29, 0.717) is 29.6 Å². The van der Waals surface area contributed by atoms with Crippen molar-refractivity contribution < 1.29 is 0 Å². The summed E-state index contributed by atoms with van der Waals surface area (Å²) in [6.07, 6.45) is 0. The van der Waals surface area contributed by atoms with Crippen molar-refractivity contribution in [2.75, 3.05) is 22.3 Å². The van der Waals surface area contributed by atoms with Crippen LogP contribution in [0, 0.1) is 0 Å². The Kier molecular flexibility index (Phi) is 7.65. The van der Waals surface area contributed by atoms with E-state index in [1.807, 2.05) is 0 Å². The van der Waals surface area contributed by atoms with Crippen LogP contribution in [0.15, 0.2) is 47.8 Å². The van der Waals surface area contributed by atoms with Crippen LogP contribution in [0.1, 0.15) is 108 Å². The number of para-hydroxylation sites is 2. The van der Waals surface area contributed by atoms with E-state index in [1.165, 1.54) is 45.0 Å². The summed E-state index contributed by atoms with van der Waals surface area (Å²) in [7, 11) is 0. The van der Waals surface area contributed by atoms with Crippen LogP contribution in [0.25, 0.3) is 0 Å². The van der Waals surface area contributed by atoms with Crippen LogP contribution in [-0.4, -0.2) is 12.5 Å². The minimum absolute atomic E-state index is 0.448. The molecule has 1 aliphatic heterocycles. The van der Waals surface area contributed by atoms with E-state index in [-0.39, 0.29) is 0 Å². The Morgan fingerprint density at radius 3 is 1.31 bits per heavy atom. The first-order valence-corrected chi connectivity index (χ1v) is 12.7. The molecule has 0 bridgehead atoms. The topological polar surface area (TPSA) is 6.48 Å². The molecule has 0 saturated carbocycles. The molecule has 1 heterocycles. The molecule has 0 saturated heterocycles. The third-order valence-electron chi connectivity index (χ3n) is 6.78. The standard InChI is InChI=1S/C29H41ClN2/c1-18(2)23-12-10-13-24(19(3)4)28(23)31-17-32(27(16-30)22(31)9)29-25(20(5)6)14-11-15-26(29)21(7)8/h10-15,18-21H,16-17H2,1-9H3. The maximum atomic E-state index is 6.64. The second-order valence-corrected chi connectivity index (χ2v) is 10.6. The number of hydrogen-bond donors (Lipinski definition) is 0. The van der Waals surface area contributed by atoms with E-state index in [1.54, 1.807) is 0 Å². The van der Waals surface area contributed by atoms with Gasteiger partial charge in [0.05, 0.1) is 18.2 Å². The normalized spacial score (nSPS) is 14.8. The van der Waals surface area contributed by atoms with Crippen molar-refractivity contribution in [3.63, 3.8) is 0 Å². The molecule has 0 unspecified atom stereocenters. The van der Waals surface area contributed by atoms with Gasteiger partial charge in [-0.05, 0) is 52.8 Å². The van der Waals surface area contributed by atoms with Gasteiger partial charge in [-0.15, -0.1) is 11.6 Å². The lowest BCUT2D eigenvalue weighted by Crippen LogP contribution is -2.31. The van der Waals surface area contributed by atoms with Gasteiger partial charge in [0.1, 0.15) is 0 Å². The highest BCUT2D eigenvalue weighted by molar-refractivity contribution is 6.20. The monoisotopic (exact) mass is 452 g/mol. The molecule has 0 atom stereocenters. The van der Waals surface area contributed by atoms with Crippen molar-refractivity contribution in [1.82, 2.24) is 0 Å². The molecule has 0 aromatic heterocycles. The molecule has 0 spiro atoms. The average Bonchev–Trinajstić information content (AvgIpc) is 3.07. The van der Waals surface area contributed by atoms with Gasteiger partial charge in [0.15, 0.2) is 0 Å². The minimum atomic E-state index is 0.448. The number of halogens is 1. The molecule has 3 rings (SSSR count). The molecule has 2 nitrogen and oxygen atoms in total. The fourth-order valence-electron chi connectivity index (χ4n) is 4.94. The molecule has 0 N–H and O–H groups in total. The Hall–Kier alpha value is -1.93. The second-order valence-electron chi connectivity index (χ2n) is 10.4. The molecular weight excluding hydrogens is 412 g/mol. The lowest BCUT2D eigenvalue weighted by atomic mass is 9.91. The summed E-state index contributed by atoms with van der Waals surface area (Å²) in [6, 6.07) is 13.6. The van der Waals surface area contributed by atoms with E-state index in [4.69, 9.17) is 11.6 Å². The van der Waals surface area contributed by atoms with Crippen molar-refractivity contribution in [2.45, 2.75) is 86.0 Å². The SMILES string of the molecule is CC1=C(CCl)N(c2c(C(C)C)cccc2C(C)C)CN1c1c(C(C)C)cccc1C(C)C.